The van der Waals surface area contributed by atoms with Crippen LogP contribution in [0.2, 0.25) is 0 Å². The molecule has 0 atom stereocenters. The number of hydrogen-bond acceptors (Lipinski definition) is 5. The lowest BCUT2D eigenvalue weighted by Crippen LogP contribution is -2.37. The summed E-state index contributed by atoms with van der Waals surface area (Å²) in [4.78, 5) is 11.0. The highest BCUT2D eigenvalue weighted by Crippen LogP contribution is 2.33. The Morgan fingerprint density at radius 2 is 2.10 bits per heavy atom. The van der Waals surface area contributed by atoms with E-state index in [-0.39, 0.29) is 24.5 Å². The Kier molecular flexibility index (Phi) is 4.93. The lowest BCUT2D eigenvalue weighted by atomic mass is 10.3. The molecule has 114 valence electrons. The number of aryl methyl sites for hydroxylation is 2. The van der Waals surface area contributed by atoms with Crippen molar-refractivity contribution in [2.75, 3.05) is 24.6 Å². The van der Waals surface area contributed by atoms with Crippen LogP contribution in [0.3, 0.4) is 0 Å². The van der Waals surface area contributed by atoms with Gasteiger partial charge in [0.15, 0.2) is 0 Å². The topological polar surface area (TPSA) is 84.4 Å². The number of hydrogen-bond donors (Lipinski definition) is 1. The average molecular weight is 296 g/mol. The predicted molar refractivity (Wildman–Crippen MR) is 64.6 cm³/mol. The molecular formula is C10H15F3N4O3. The van der Waals surface area contributed by atoms with Crippen molar-refractivity contribution in [3.8, 4) is 0 Å². The third-order valence-electron chi connectivity index (χ3n) is 2.62. The van der Waals surface area contributed by atoms with Crippen LogP contribution in [0, 0.1) is 10.1 Å². The number of nitrogens with zero attached hydrogens (tertiary/aromatic N) is 4. The normalized spacial score (nSPS) is 11.7. The second-order valence-corrected chi connectivity index (χ2v) is 4.11. The van der Waals surface area contributed by atoms with E-state index in [9.17, 15) is 23.3 Å². The van der Waals surface area contributed by atoms with E-state index in [0.29, 0.717) is 4.90 Å². The molecule has 20 heavy (non-hydrogen) atoms. The van der Waals surface area contributed by atoms with E-state index < -0.39 is 29.9 Å². The average Bonchev–Trinajstić information content (AvgIpc) is 2.63. The number of aliphatic hydroxyl groups is 1. The molecule has 0 aromatic carbocycles. The number of aliphatic hydroxyl groups excluding tert-OH is 1. The minimum Gasteiger partial charge on any atom is -0.395 e. The molecule has 1 N–H and O–H groups in total. The summed E-state index contributed by atoms with van der Waals surface area (Å²) in [7, 11) is 1.34. The Labute approximate surface area is 112 Å². The van der Waals surface area contributed by atoms with Crippen LogP contribution >= 0.6 is 0 Å². The van der Waals surface area contributed by atoms with Crippen LogP contribution in [-0.2, 0) is 13.5 Å². The van der Waals surface area contributed by atoms with Gasteiger partial charge in [0.25, 0.3) is 0 Å². The second-order valence-electron chi connectivity index (χ2n) is 4.11. The molecule has 0 fully saturated rings. The molecule has 0 radical (unpaired) electrons. The van der Waals surface area contributed by atoms with E-state index in [1.165, 1.54) is 7.05 Å². The van der Waals surface area contributed by atoms with Gasteiger partial charge in [-0.3, -0.25) is 10.1 Å². The summed E-state index contributed by atoms with van der Waals surface area (Å²) in [5.41, 5.74) is -0.342. The smallest absolute Gasteiger partial charge is 0.395 e. The zero-order valence-corrected chi connectivity index (χ0v) is 11.0. The first-order valence-electron chi connectivity index (χ1n) is 5.84. The molecule has 0 spiro atoms. The summed E-state index contributed by atoms with van der Waals surface area (Å²) in [6, 6.07) is 0. The number of halogens is 3. The quantitative estimate of drug-likeness (QED) is 0.631. The van der Waals surface area contributed by atoms with Crippen molar-refractivity contribution in [3.05, 3.63) is 15.8 Å². The molecule has 0 aliphatic heterocycles. The fourth-order valence-electron chi connectivity index (χ4n) is 1.93. The van der Waals surface area contributed by atoms with Crippen molar-refractivity contribution in [2.45, 2.75) is 19.5 Å². The summed E-state index contributed by atoms with van der Waals surface area (Å²) in [6.07, 6.45) is -4.32. The SMILES string of the molecule is CCc1nn(C)c(N(CCO)CC(F)(F)F)c1[N+](=O)[O-]. The fraction of sp³-hybridized carbons (Fsp3) is 0.700. The molecule has 0 aliphatic rings. The van der Waals surface area contributed by atoms with E-state index >= 15 is 0 Å². The number of alkyl halides is 3. The molecule has 1 rings (SSSR count). The van der Waals surface area contributed by atoms with E-state index in [2.05, 4.69) is 5.10 Å². The maximum absolute atomic E-state index is 12.5. The van der Waals surface area contributed by atoms with Crippen molar-refractivity contribution >= 4 is 11.5 Å². The molecule has 1 aromatic rings. The van der Waals surface area contributed by atoms with Crippen molar-refractivity contribution in [1.29, 1.82) is 0 Å². The Balaban J connectivity index is 3.31. The van der Waals surface area contributed by atoms with E-state index in [1.54, 1.807) is 6.92 Å². The summed E-state index contributed by atoms with van der Waals surface area (Å²) in [5.74, 6) is -0.252. The molecule has 0 unspecified atom stereocenters. The summed E-state index contributed by atoms with van der Waals surface area (Å²) in [6.45, 7) is -0.695. The molecule has 7 nitrogen and oxygen atoms in total. The largest absolute Gasteiger partial charge is 0.405 e. The molecule has 0 aliphatic carbocycles. The number of rotatable bonds is 6. The van der Waals surface area contributed by atoms with Gasteiger partial charge in [-0.15, -0.1) is 0 Å². The van der Waals surface area contributed by atoms with E-state index in [4.69, 9.17) is 5.11 Å². The van der Waals surface area contributed by atoms with Crippen LogP contribution in [0.4, 0.5) is 24.7 Å². The maximum atomic E-state index is 12.5. The third kappa shape index (κ3) is 3.59. The number of anilines is 1. The van der Waals surface area contributed by atoms with Crippen LogP contribution < -0.4 is 4.90 Å². The zero-order chi connectivity index (χ0) is 15.5. The van der Waals surface area contributed by atoms with Crippen molar-refractivity contribution in [3.63, 3.8) is 0 Å². The van der Waals surface area contributed by atoms with Crippen LogP contribution in [-0.4, -0.2) is 45.7 Å². The van der Waals surface area contributed by atoms with Gasteiger partial charge in [0.2, 0.25) is 5.82 Å². The highest BCUT2D eigenvalue weighted by atomic mass is 19.4. The monoisotopic (exact) mass is 296 g/mol. The first kappa shape index (κ1) is 16.2. The lowest BCUT2D eigenvalue weighted by Gasteiger charge is -2.24. The molecule has 0 amide bonds. The number of nitro groups is 1. The van der Waals surface area contributed by atoms with Gasteiger partial charge in [0.05, 0.1) is 11.5 Å². The maximum Gasteiger partial charge on any atom is 0.405 e. The van der Waals surface area contributed by atoms with Gasteiger partial charge in [-0.25, -0.2) is 4.68 Å². The van der Waals surface area contributed by atoms with Gasteiger partial charge in [-0.2, -0.15) is 18.3 Å². The summed E-state index contributed by atoms with van der Waals surface area (Å²) < 4.78 is 38.7. The molecule has 10 heteroatoms. The lowest BCUT2D eigenvalue weighted by molar-refractivity contribution is -0.384. The number of aromatic nitrogens is 2. The van der Waals surface area contributed by atoms with Crippen molar-refractivity contribution in [1.82, 2.24) is 9.78 Å². The van der Waals surface area contributed by atoms with Crippen LogP contribution in [0.15, 0.2) is 0 Å². The first-order valence-corrected chi connectivity index (χ1v) is 5.84. The third-order valence-corrected chi connectivity index (χ3v) is 2.62. The van der Waals surface area contributed by atoms with Gasteiger partial charge in [0, 0.05) is 13.6 Å². The second kappa shape index (κ2) is 6.07. The fourth-order valence-corrected chi connectivity index (χ4v) is 1.93. The minimum absolute atomic E-state index is 0.109. The standard InChI is InChI=1S/C10H15F3N4O3/c1-3-7-8(17(19)20)9(15(2)14-7)16(4-5-18)6-10(11,12)13/h18H,3-6H2,1-2H3. The van der Waals surface area contributed by atoms with Gasteiger partial charge < -0.3 is 10.0 Å². The zero-order valence-electron chi connectivity index (χ0n) is 11.0. The molecule has 0 saturated carbocycles. The first-order chi connectivity index (χ1) is 9.21. The van der Waals surface area contributed by atoms with Crippen LogP contribution in [0.1, 0.15) is 12.6 Å². The summed E-state index contributed by atoms with van der Waals surface area (Å²) >= 11 is 0. The highest BCUT2D eigenvalue weighted by Gasteiger charge is 2.36. The van der Waals surface area contributed by atoms with E-state index in [1.807, 2.05) is 0 Å². The highest BCUT2D eigenvalue weighted by molar-refractivity contribution is 5.61. The Morgan fingerprint density at radius 3 is 2.50 bits per heavy atom. The van der Waals surface area contributed by atoms with Gasteiger partial charge >= 0.3 is 11.9 Å². The van der Waals surface area contributed by atoms with Crippen LogP contribution in [0.5, 0.6) is 0 Å². The Bertz CT molecular complexity index is 487. The molecular weight excluding hydrogens is 281 g/mol. The van der Waals surface area contributed by atoms with Crippen LogP contribution in [0.25, 0.3) is 0 Å². The molecule has 0 bridgehead atoms. The summed E-state index contributed by atoms with van der Waals surface area (Å²) in [5, 5.41) is 23.8. The minimum atomic E-state index is -4.54. The van der Waals surface area contributed by atoms with Gasteiger partial charge in [-0.1, -0.05) is 6.92 Å². The van der Waals surface area contributed by atoms with Gasteiger partial charge in [-0.05, 0) is 6.42 Å². The predicted octanol–water partition coefficient (Wildman–Crippen LogP) is 1.25. The molecule has 1 heterocycles. The van der Waals surface area contributed by atoms with E-state index in [0.717, 1.165) is 4.68 Å². The Morgan fingerprint density at radius 1 is 1.50 bits per heavy atom. The molecule has 1 aromatic heterocycles. The Hall–Kier alpha value is -1.84. The van der Waals surface area contributed by atoms with Gasteiger partial charge in [0.1, 0.15) is 12.2 Å². The van der Waals surface area contributed by atoms with Crippen molar-refractivity contribution in [2.24, 2.45) is 7.05 Å². The van der Waals surface area contributed by atoms with Crippen molar-refractivity contribution < 1.29 is 23.2 Å². The molecule has 0 saturated heterocycles.